The average Bonchev–Trinajstić information content (AvgIpc) is 2.90. The highest BCUT2D eigenvalue weighted by atomic mass is 16.4. The van der Waals surface area contributed by atoms with Crippen molar-refractivity contribution >= 4 is 0 Å². The van der Waals surface area contributed by atoms with Crippen molar-refractivity contribution in [3.8, 4) is 0 Å². The minimum absolute atomic E-state index is 0.522. The number of aliphatic hydroxyl groups excluding tert-OH is 1. The lowest BCUT2D eigenvalue weighted by molar-refractivity contribution is 0.146. The molecule has 0 amide bonds. The van der Waals surface area contributed by atoms with Crippen LogP contribution in [0.5, 0.6) is 0 Å². The third-order valence-electron chi connectivity index (χ3n) is 4.07. The molecule has 1 heterocycles. The van der Waals surface area contributed by atoms with Gasteiger partial charge in [-0.15, -0.1) is 0 Å². The van der Waals surface area contributed by atoms with E-state index in [1.165, 1.54) is 32.1 Å². The Morgan fingerprint density at radius 3 is 2.83 bits per heavy atom. The van der Waals surface area contributed by atoms with E-state index in [1.54, 1.807) is 6.26 Å². The van der Waals surface area contributed by atoms with Gasteiger partial charge >= 0.3 is 0 Å². The van der Waals surface area contributed by atoms with Gasteiger partial charge in [0.2, 0.25) is 0 Å². The summed E-state index contributed by atoms with van der Waals surface area (Å²) in [5.41, 5.74) is 0. The van der Waals surface area contributed by atoms with Gasteiger partial charge in [-0.2, -0.15) is 0 Å². The molecule has 0 bridgehead atoms. The zero-order valence-electron chi connectivity index (χ0n) is 11.3. The minimum Gasteiger partial charge on any atom is -0.467 e. The summed E-state index contributed by atoms with van der Waals surface area (Å²) in [6.45, 7) is 3.93. The highest BCUT2D eigenvalue weighted by Crippen LogP contribution is 2.29. The fourth-order valence-corrected chi connectivity index (χ4v) is 2.74. The van der Waals surface area contributed by atoms with Crippen LogP contribution in [0.4, 0.5) is 0 Å². The van der Waals surface area contributed by atoms with Gasteiger partial charge in [0.1, 0.15) is 11.9 Å². The standard InChI is InChI=1S/C15H25NO2/c1-12-4-6-13(7-5-12)8-9-16-11-14(17)15-3-2-10-18-15/h2-3,10,12-14,16-17H,4-9,11H2,1H3. The smallest absolute Gasteiger partial charge is 0.133 e. The van der Waals surface area contributed by atoms with Crippen LogP contribution in [-0.2, 0) is 0 Å². The first-order valence-corrected chi connectivity index (χ1v) is 7.18. The summed E-state index contributed by atoms with van der Waals surface area (Å²) < 4.78 is 5.16. The van der Waals surface area contributed by atoms with Crippen LogP contribution in [0.1, 0.15) is 50.9 Å². The predicted molar refractivity (Wildman–Crippen MR) is 72.3 cm³/mol. The minimum atomic E-state index is -0.522. The third kappa shape index (κ3) is 4.14. The van der Waals surface area contributed by atoms with E-state index in [0.717, 1.165) is 18.4 Å². The van der Waals surface area contributed by atoms with Gasteiger partial charge in [0.25, 0.3) is 0 Å². The monoisotopic (exact) mass is 251 g/mol. The Bertz CT molecular complexity index is 315. The number of nitrogens with one attached hydrogen (secondary N) is 1. The molecule has 1 saturated carbocycles. The molecule has 1 aliphatic carbocycles. The molecule has 3 heteroatoms. The number of rotatable bonds is 6. The molecule has 1 unspecified atom stereocenters. The largest absolute Gasteiger partial charge is 0.467 e. The number of hydrogen-bond acceptors (Lipinski definition) is 3. The van der Waals surface area contributed by atoms with E-state index in [4.69, 9.17) is 4.42 Å². The van der Waals surface area contributed by atoms with Crippen molar-refractivity contribution in [3.63, 3.8) is 0 Å². The van der Waals surface area contributed by atoms with Crippen molar-refractivity contribution in [3.05, 3.63) is 24.2 Å². The van der Waals surface area contributed by atoms with Crippen LogP contribution in [-0.4, -0.2) is 18.2 Å². The summed E-state index contributed by atoms with van der Waals surface area (Å²) in [6, 6.07) is 3.62. The second-order valence-corrected chi connectivity index (χ2v) is 5.65. The maximum atomic E-state index is 9.82. The Kier molecular flexibility index (Phi) is 5.26. The van der Waals surface area contributed by atoms with Gasteiger partial charge in [-0.3, -0.25) is 0 Å². The number of aliphatic hydroxyl groups is 1. The summed E-state index contributed by atoms with van der Waals surface area (Å²) >= 11 is 0. The highest BCUT2D eigenvalue weighted by molar-refractivity contribution is 5.02. The van der Waals surface area contributed by atoms with E-state index < -0.39 is 6.10 Å². The van der Waals surface area contributed by atoms with Crippen LogP contribution < -0.4 is 5.32 Å². The van der Waals surface area contributed by atoms with Crippen LogP contribution in [0.2, 0.25) is 0 Å². The number of hydrogen-bond donors (Lipinski definition) is 2. The Morgan fingerprint density at radius 1 is 1.39 bits per heavy atom. The molecule has 1 aromatic heterocycles. The lowest BCUT2D eigenvalue weighted by Crippen LogP contribution is -2.25. The van der Waals surface area contributed by atoms with Gasteiger partial charge in [-0.25, -0.2) is 0 Å². The topological polar surface area (TPSA) is 45.4 Å². The quantitative estimate of drug-likeness (QED) is 0.764. The molecule has 3 nitrogen and oxygen atoms in total. The third-order valence-corrected chi connectivity index (χ3v) is 4.07. The van der Waals surface area contributed by atoms with Crippen molar-refractivity contribution in [1.29, 1.82) is 0 Å². The normalized spacial score (nSPS) is 26.1. The van der Waals surface area contributed by atoms with Crippen LogP contribution >= 0.6 is 0 Å². The first-order chi connectivity index (χ1) is 8.75. The fourth-order valence-electron chi connectivity index (χ4n) is 2.74. The lowest BCUT2D eigenvalue weighted by Gasteiger charge is -2.26. The average molecular weight is 251 g/mol. The summed E-state index contributed by atoms with van der Waals surface area (Å²) in [7, 11) is 0. The highest BCUT2D eigenvalue weighted by Gasteiger charge is 2.17. The molecule has 0 radical (unpaired) electrons. The van der Waals surface area contributed by atoms with Crippen molar-refractivity contribution in [1.82, 2.24) is 5.32 Å². The summed E-state index contributed by atoms with van der Waals surface area (Å²) in [4.78, 5) is 0. The molecule has 0 saturated heterocycles. The van der Waals surface area contributed by atoms with E-state index in [9.17, 15) is 5.11 Å². The van der Waals surface area contributed by atoms with E-state index >= 15 is 0 Å². The molecule has 2 rings (SSSR count). The van der Waals surface area contributed by atoms with Crippen molar-refractivity contribution in [2.75, 3.05) is 13.1 Å². The Balaban J connectivity index is 1.56. The van der Waals surface area contributed by atoms with Gasteiger partial charge in [0.05, 0.1) is 6.26 Å². The summed E-state index contributed by atoms with van der Waals surface area (Å²) in [5, 5.41) is 13.1. The van der Waals surface area contributed by atoms with Crippen molar-refractivity contribution < 1.29 is 9.52 Å². The molecule has 1 aromatic rings. The van der Waals surface area contributed by atoms with Gasteiger partial charge in [0.15, 0.2) is 0 Å². The summed E-state index contributed by atoms with van der Waals surface area (Å²) in [5.74, 6) is 2.46. The van der Waals surface area contributed by atoms with Gasteiger partial charge in [-0.1, -0.05) is 32.6 Å². The van der Waals surface area contributed by atoms with E-state index in [1.807, 2.05) is 12.1 Å². The molecule has 0 aromatic carbocycles. The fraction of sp³-hybridized carbons (Fsp3) is 0.733. The Morgan fingerprint density at radius 2 is 2.17 bits per heavy atom. The van der Waals surface area contributed by atoms with Crippen molar-refractivity contribution in [2.45, 2.75) is 45.1 Å². The maximum Gasteiger partial charge on any atom is 0.133 e. The van der Waals surface area contributed by atoms with Crippen molar-refractivity contribution in [2.24, 2.45) is 11.8 Å². The van der Waals surface area contributed by atoms with Crippen LogP contribution in [0, 0.1) is 11.8 Å². The Labute approximate surface area is 110 Å². The van der Waals surface area contributed by atoms with Gasteiger partial charge in [-0.05, 0) is 36.9 Å². The van der Waals surface area contributed by atoms with E-state index in [0.29, 0.717) is 12.3 Å². The summed E-state index contributed by atoms with van der Waals surface area (Å²) in [6.07, 6.45) is 7.85. The second-order valence-electron chi connectivity index (χ2n) is 5.65. The Hall–Kier alpha value is -0.800. The van der Waals surface area contributed by atoms with E-state index in [-0.39, 0.29) is 0 Å². The first kappa shape index (κ1) is 13.6. The molecule has 1 fully saturated rings. The molecule has 2 N–H and O–H groups in total. The molecular weight excluding hydrogens is 226 g/mol. The first-order valence-electron chi connectivity index (χ1n) is 7.18. The van der Waals surface area contributed by atoms with E-state index in [2.05, 4.69) is 12.2 Å². The van der Waals surface area contributed by atoms with Crippen LogP contribution in [0.15, 0.2) is 22.8 Å². The molecule has 102 valence electrons. The van der Waals surface area contributed by atoms with Gasteiger partial charge < -0.3 is 14.8 Å². The SMILES string of the molecule is CC1CCC(CCNCC(O)c2ccco2)CC1. The van der Waals surface area contributed by atoms with Crippen LogP contribution in [0.25, 0.3) is 0 Å². The molecule has 0 spiro atoms. The molecule has 1 atom stereocenters. The number of furan rings is 1. The maximum absolute atomic E-state index is 9.82. The zero-order valence-corrected chi connectivity index (χ0v) is 11.3. The van der Waals surface area contributed by atoms with Gasteiger partial charge in [0, 0.05) is 6.54 Å². The second kappa shape index (κ2) is 6.95. The lowest BCUT2D eigenvalue weighted by atomic mass is 9.81. The molecular formula is C15H25NO2. The molecule has 18 heavy (non-hydrogen) atoms. The molecule has 0 aliphatic heterocycles. The predicted octanol–water partition coefficient (Wildman–Crippen LogP) is 3.12. The zero-order chi connectivity index (χ0) is 12.8. The van der Waals surface area contributed by atoms with Crippen LogP contribution in [0.3, 0.4) is 0 Å². The molecule has 1 aliphatic rings.